The summed E-state index contributed by atoms with van der Waals surface area (Å²) in [4.78, 5) is 26.6. The first-order chi connectivity index (χ1) is 13.5. The quantitative estimate of drug-likeness (QED) is 0.881. The van der Waals surface area contributed by atoms with Crippen molar-refractivity contribution in [3.8, 4) is 0 Å². The molecule has 0 bridgehead atoms. The van der Waals surface area contributed by atoms with E-state index < -0.39 is 0 Å². The number of halogens is 1. The van der Waals surface area contributed by atoms with Gasteiger partial charge in [0.2, 0.25) is 11.8 Å². The van der Waals surface area contributed by atoms with E-state index in [1.54, 1.807) is 12.1 Å². The minimum atomic E-state index is -0.276. The molecule has 0 radical (unpaired) electrons. The van der Waals surface area contributed by atoms with Gasteiger partial charge in [-0.05, 0) is 42.5 Å². The second-order valence-corrected chi connectivity index (χ2v) is 7.93. The van der Waals surface area contributed by atoms with Gasteiger partial charge in [0.25, 0.3) is 0 Å². The van der Waals surface area contributed by atoms with Gasteiger partial charge in [-0.25, -0.2) is 4.39 Å². The van der Waals surface area contributed by atoms with Gasteiger partial charge in [0.1, 0.15) is 5.82 Å². The molecule has 146 valence electrons. The fourth-order valence-corrected chi connectivity index (χ4v) is 4.45. The zero-order valence-corrected chi connectivity index (χ0v) is 15.9. The van der Waals surface area contributed by atoms with Crippen molar-refractivity contribution in [2.45, 2.75) is 43.6 Å². The highest BCUT2D eigenvalue weighted by Gasteiger charge is 2.41. The Morgan fingerprint density at radius 2 is 1.64 bits per heavy atom. The molecule has 2 aromatic carbocycles. The van der Waals surface area contributed by atoms with Crippen LogP contribution in [0.1, 0.15) is 49.1 Å². The number of hydrogen-bond donors (Lipinski definition) is 1. The number of nitrogens with one attached hydrogen (secondary N) is 1. The van der Waals surface area contributed by atoms with Gasteiger partial charge in [-0.2, -0.15) is 0 Å². The van der Waals surface area contributed by atoms with Crippen LogP contribution in [0.5, 0.6) is 0 Å². The zero-order chi connectivity index (χ0) is 19.6. The van der Waals surface area contributed by atoms with Crippen molar-refractivity contribution in [2.24, 2.45) is 0 Å². The lowest BCUT2D eigenvalue weighted by Gasteiger charge is -2.39. The topological polar surface area (TPSA) is 49.4 Å². The Bertz CT molecular complexity index is 843. The van der Waals surface area contributed by atoms with Gasteiger partial charge in [-0.15, -0.1) is 0 Å². The van der Waals surface area contributed by atoms with Crippen molar-refractivity contribution in [3.05, 3.63) is 71.5 Å². The molecule has 0 aromatic heterocycles. The summed E-state index contributed by atoms with van der Waals surface area (Å²) in [5.41, 5.74) is 1.89. The molecule has 1 spiro atoms. The maximum absolute atomic E-state index is 13.4. The molecule has 2 aliphatic rings. The number of amides is 2. The number of hydrogen-bond acceptors (Lipinski definition) is 2. The molecule has 2 fully saturated rings. The van der Waals surface area contributed by atoms with Crippen LogP contribution in [-0.4, -0.2) is 35.3 Å². The third-order valence-corrected chi connectivity index (χ3v) is 6.16. The number of carbonyl (C=O) groups excluding carboxylic acids is 2. The Balaban J connectivity index is 1.47. The van der Waals surface area contributed by atoms with Crippen LogP contribution in [0.3, 0.4) is 0 Å². The first-order valence-electron chi connectivity index (χ1n) is 9.94. The number of benzene rings is 2. The molecule has 2 heterocycles. The maximum Gasteiger partial charge on any atom is 0.223 e. The van der Waals surface area contributed by atoms with E-state index in [9.17, 15) is 14.0 Å². The summed E-state index contributed by atoms with van der Waals surface area (Å²) in [6.07, 6.45) is 3.45. The van der Waals surface area contributed by atoms with E-state index in [-0.39, 0.29) is 29.1 Å². The van der Waals surface area contributed by atoms with Crippen LogP contribution < -0.4 is 5.32 Å². The van der Waals surface area contributed by atoms with Crippen molar-refractivity contribution in [3.63, 3.8) is 0 Å². The van der Waals surface area contributed by atoms with E-state index in [0.717, 1.165) is 30.4 Å². The predicted molar refractivity (Wildman–Crippen MR) is 105 cm³/mol. The monoisotopic (exact) mass is 380 g/mol. The third-order valence-electron chi connectivity index (χ3n) is 6.16. The average molecular weight is 380 g/mol. The summed E-state index contributed by atoms with van der Waals surface area (Å²) >= 11 is 0. The molecule has 2 aromatic rings. The second kappa shape index (κ2) is 7.74. The highest BCUT2D eigenvalue weighted by Crippen LogP contribution is 2.33. The van der Waals surface area contributed by atoms with E-state index in [1.807, 2.05) is 35.2 Å². The molecule has 2 aliphatic heterocycles. The summed E-state index contributed by atoms with van der Waals surface area (Å²) in [5, 5.41) is 3.11. The zero-order valence-electron chi connectivity index (χ0n) is 15.9. The van der Waals surface area contributed by atoms with Crippen LogP contribution in [0, 0.1) is 5.82 Å². The second-order valence-electron chi connectivity index (χ2n) is 7.93. The van der Waals surface area contributed by atoms with E-state index in [1.165, 1.54) is 12.1 Å². The Morgan fingerprint density at radius 1 is 1.00 bits per heavy atom. The average Bonchev–Trinajstić information content (AvgIpc) is 3.08. The van der Waals surface area contributed by atoms with Crippen molar-refractivity contribution in [1.82, 2.24) is 10.2 Å². The first kappa shape index (κ1) is 18.7. The van der Waals surface area contributed by atoms with Crippen molar-refractivity contribution in [2.75, 3.05) is 13.1 Å². The molecule has 2 saturated heterocycles. The standard InChI is InChI=1S/C23H25FN2O2/c24-19-8-6-18(7-9-19)20(17-4-2-1-3-5-17)16-22(28)26-14-12-23(13-15-26)11-10-21(27)25-23/h1-9,20H,10-16H2,(H,25,27). The summed E-state index contributed by atoms with van der Waals surface area (Å²) in [6.45, 7) is 1.34. The first-order valence-corrected chi connectivity index (χ1v) is 9.94. The molecule has 4 rings (SSSR count). The molecule has 5 heteroatoms. The van der Waals surface area contributed by atoms with E-state index in [4.69, 9.17) is 0 Å². The largest absolute Gasteiger partial charge is 0.351 e. The van der Waals surface area contributed by atoms with Crippen LogP contribution in [-0.2, 0) is 9.59 Å². The third kappa shape index (κ3) is 3.93. The Labute approximate surface area is 164 Å². The van der Waals surface area contributed by atoms with Crippen molar-refractivity contribution >= 4 is 11.8 Å². The van der Waals surface area contributed by atoms with Crippen LogP contribution in [0.4, 0.5) is 4.39 Å². The highest BCUT2D eigenvalue weighted by molar-refractivity contribution is 5.80. The summed E-state index contributed by atoms with van der Waals surface area (Å²) in [7, 11) is 0. The van der Waals surface area contributed by atoms with Gasteiger partial charge in [0, 0.05) is 37.4 Å². The number of piperidine rings is 1. The summed E-state index contributed by atoms with van der Waals surface area (Å²) < 4.78 is 13.4. The minimum absolute atomic E-state index is 0.101. The van der Waals surface area contributed by atoms with Crippen LogP contribution in [0.2, 0.25) is 0 Å². The molecule has 1 N–H and O–H groups in total. The van der Waals surface area contributed by atoms with Gasteiger partial charge in [-0.3, -0.25) is 9.59 Å². The van der Waals surface area contributed by atoms with Crippen LogP contribution >= 0.6 is 0 Å². The molecule has 0 saturated carbocycles. The van der Waals surface area contributed by atoms with Gasteiger partial charge >= 0.3 is 0 Å². The molecule has 4 nitrogen and oxygen atoms in total. The smallest absolute Gasteiger partial charge is 0.223 e. The van der Waals surface area contributed by atoms with E-state index in [2.05, 4.69) is 5.32 Å². The molecule has 0 aliphatic carbocycles. The molecular weight excluding hydrogens is 355 g/mol. The number of carbonyl (C=O) groups is 2. The van der Waals surface area contributed by atoms with E-state index >= 15 is 0 Å². The number of rotatable bonds is 4. The van der Waals surface area contributed by atoms with Gasteiger partial charge in [0.15, 0.2) is 0 Å². The number of likely N-dealkylation sites (tertiary alicyclic amines) is 1. The Hall–Kier alpha value is -2.69. The Kier molecular flexibility index (Phi) is 5.16. The fraction of sp³-hybridized carbons (Fsp3) is 0.391. The van der Waals surface area contributed by atoms with Crippen LogP contribution in [0.25, 0.3) is 0 Å². The van der Waals surface area contributed by atoms with E-state index in [0.29, 0.717) is 25.9 Å². The lowest BCUT2D eigenvalue weighted by atomic mass is 9.85. The predicted octanol–water partition coefficient (Wildman–Crippen LogP) is 3.62. The fourth-order valence-electron chi connectivity index (χ4n) is 4.45. The molecule has 1 atom stereocenters. The number of nitrogens with zero attached hydrogens (tertiary/aromatic N) is 1. The molecule has 28 heavy (non-hydrogen) atoms. The lowest BCUT2D eigenvalue weighted by Crippen LogP contribution is -2.52. The maximum atomic E-state index is 13.4. The molecule has 1 unspecified atom stereocenters. The summed E-state index contributed by atoms with van der Waals surface area (Å²) in [5.74, 6) is -0.143. The van der Waals surface area contributed by atoms with Crippen LogP contribution in [0.15, 0.2) is 54.6 Å². The minimum Gasteiger partial charge on any atom is -0.351 e. The van der Waals surface area contributed by atoms with Gasteiger partial charge < -0.3 is 10.2 Å². The van der Waals surface area contributed by atoms with Gasteiger partial charge in [0.05, 0.1) is 0 Å². The Morgan fingerprint density at radius 3 is 2.25 bits per heavy atom. The normalized spacial score (nSPS) is 19.5. The van der Waals surface area contributed by atoms with Gasteiger partial charge in [-0.1, -0.05) is 42.5 Å². The van der Waals surface area contributed by atoms with Crippen molar-refractivity contribution < 1.29 is 14.0 Å². The molecular formula is C23H25FN2O2. The highest BCUT2D eigenvalue weighted by atomic mass is 19.1. The molecule has 2 amide bonds. The van der Waals surface area contributed by atoms with Crippen molar-refractivity contribution in [1.29, 1.82) is 0 Å². The SMILES string of the molecule is O=C1CCC2(CCN(C(=O)CC(c3ccccc3)c3ccc(F)cc3)CC2)N1. The summed E-state index contributed by atoms with van der Waals surface area (Å²) in [6, 6.07) is 16.3. The lowest BCUT2D eigenvalue weighted by molar-refractivity contribution is -0.133.